The Balaban J connectivity index is 2.59. The molecule has 0 aliphatic carbocycles. The molecule has 2 N–H and O–H groups in total. The van der Waals surface area contributed by atoms with Crippen molar-refractivity contribution in [1.82, 2.24) is 15.5 Å². The molecule has 0 saturated heterocycles. The van der Waals surface area contributed by atoms with E-state index in [1.54, 1.807) is 7.11 Å². The Morgan fingerprint density at radius 1 is 1.30 bits per heavy atom. The number of carbonyl (C=O) groups is 1. The van der Waals surface area contributed by atoms with E-state index >= 15 is 0 Å². The summed E-state index contributed by atoms with van der Waals surface area (Å²) in [4.78, 5) is 18.1. The standard InChI is InChI=1S/C16H25BrN4O2/c1-4-18-16(20-11-15(22)19-9-10-23-3)21(2)12-13-5-7-14(17)8-6-13/h5-8H,4,9-12H2,1-3H3,(H,18,20)(H,19,22). The minimum atomic E-state index is -0.116. The van der Waals surface area contributed by atoms with Gasteiger partial charge in [-0.25, -0.2) is 4.99 Å². The molecule has 23 heavy (non-hydrogen) atoms. The van der Waals surface area contributed by atoms with Gasteiger partial charge in [-0.05, 0) is 24.6 Å². The van der Waals surface area contributed by atoms with Crippen molar-refractivity contribution >= 4 is 27.8 Å². The minimum Gasteiger partial charge on any atom is -0.383 e. The van der Waals surface area contributed by atoms with Gasteiger partial charge in [-0.2, -0.15) is 0 Å². The third-order valence-corrected chi connectivity index (χ3v) is 3.56. The van der Waals surface area contributed by atoms with Crippen molar-refractivity contribution in [2.75, 3.05) is 40.4 Å². The van der Waals surface area contributed by atoms with Crippen molar-refractivity contribution in [3.8, 4) is 0 Å². The van der Waals surface area contributed by atoms with Crippen molar-refractivity contribution in [1.29, 1.82) is 0 Å². The van der Waals surface area contributed by atoms with E-state index in [0.717, 1.165) is 11.0 Å². The van der Waals surface area contributed by atoms with Gasteiger partial charge in [0.2, 0.25) is 5.91 Å². The van der Waals surface area contributed by atoms with Crippen molar-refractivity contribution < 1.29 is 9.53 Å². The molecule has 0 aliphatic heterocycles. The number of benzene rings is 1. The molecule has 0 saturated carbocycles. The van der Waals surface area contributed by atoms with E-state index in [1.807, 2.05) is 31.0 Å². The van der Waals surface area contributed by atoms with Crippen molar-refractivity contribution in [3.05, 3.63) is 34.3 Å². The fourth-order valence-corrected chi connectivity index (χ4v) is 2.17. The summed E-state index contributed by atoms with van der Waals surface area (Å²) in [6, 6.07) is 8.14. The van der Waals surface area contributed by atoms with Gasteiger partial charge < -0.3 is 20.3 Å². The normalized spacial score (nSPS) is 11.2. The zero-order chi connectivity index (χ0) is 17.1. The van der Waals surface area contributed by atoms with Crippen molar-refractivity contribution in [2.45, 2.75) is 13.5 Å². The summed E-state index contributed by atoms with van der Waals surface area (Å²) < 4.78 is 5.95. The molecule has 0 unspecified atom stereocenters. The second kappa shape index (κ2) is 11.0. The van der Waals surface area contributed by atoms with Gasteiger partial charge in [0.05, 0.1) is 6.61 Å². The highest BCUT2D eigenvalue weighted by Gasteiger charge is 2.08. The molecule has 128 valence electrons. The van der Waals surface area contributed by atoms with Crippen LogP contribution in [-0.4, -0.2) is 57.2 Å². The highest BCUT2D eigenvalue weighted by Crippen LogP contribution is 2.11. The number of nitrogens with one attached hydrogen (secondary N) is 2. The summed E-state index contributed by atoms with van der Waals surface area (Å²) in [5.41, 5.74) is 1.17. The highest BCUT2D eigenvalue weighted by atomic mass is 79.9. The highest BCUT2D eigenvalue weighted by molar-refractivity contribution is 9.10. The van der Waals surface area contributed by atoms with E-state index < -0.39 is 0 Å². The lowest BCUT2D eigenvalue weighted by atomic mass is 10.2. The maximum absolute atomic E-state index is 11.7. The SMILES string of the molecule is CCNC(=NCC(=O)NCCOC)N(C)Cc1ccc(Br)cc1. The Bertz CT molecular complexity index is 505. The Morgan fingerprint density at radius 3 is 2.61 bits per heavy atom. The Labute approximate surface area is 146 Å². The average molecular weight is 385 g/mol. The predicted molar refractivity (Wildman–Crippen MR) is 96.5 cm³/mol. The Morgan fingerprint density at radius 2 is 2.00 bits per heavy atom. The van der Waals surface area contributed by atoms with E-state index in [2.05, 4.69) is 43.7 Å². The van der Waals surface area contributed by atoms with Gasteiger partial charge in [0.1, 0.15) is 6.54 Å². The smallest absolute Gasteiger partial charge is 0.241 e. The number of methoxy groups -OCH3 is 1. The molecule has 1 aromatic carbocycles. The molecular weight excluding hydrogens is 360 g/mol. The van der Waals surface area contributed by atoms with Crippen LogP contribution in [0.3, 0.4) is 0 Å². The summed E-state index contributed by atoms with van der Waals surface area (Å²) >= 11 is 3.43. The summed E-state index contributed by atoms with van der Waals surface area (Å²) in [6.07, 6.45) is 0. The van der Waals surface area contributed by atoms with E-state index in [0.29, 0.717) is 25.7 Å². The number of aliphatic imine (C=N–C) groups is 1. The van der Waals surface area contributed by atoms with Crippen LogP contribution < -0.4 is 10.6 Å². The molecule has 0 aromatic heterocycles. The van der Waals surface area contributed by atoms with Crippen LogP contribution in [-0.2, 0) is 16.1 Å². The molecule has 0 heterocycles. The maximum atomic E-state index is 11.7. The fraction of sp³-hybridized carbons (Fsp3) is 0.500. The van der Waals surface area contributed by atoms with Gasteiger partial charge in [-0.3, -0.25) is 4.79 Å². The van der Waals surface area contributed by atoms with Gasteiger partial charge in [0.25, 0.3) is 0 Å². The lowest BCUT2D eigenvalue weighted by Gasteiger charge is -2.22. The lowest BCUT2D eigenvalue weighted by molar-refractivity contribution is -0.119. The Hall–Kier alpha value is -1.60. The third-order valence-electron chi connectivity index (χ3n) is 3.03. The number of carbonyl (C=O) groups excluding carboxylic acids is 1. The molecule has 1 amide bonds. The van der Waals surface area contributed by atoms with Crippen LogP contribution in [0.1, 0.15) is 12.5 Å². The summed E-state index contributed by atoms with van der Waals surface area (Å²) in [6.45, 7) is 4.55. The number of hydrogen-bond acceptors (Lipinski definition) is 3. The number of ether oxygens (including phenoxy) is 1. The zero-order valence-corrected chi connectivity index (χ0v) is 15.5. The van der Waals surface area contributed by atoms with Crippen LogP contribution in [0.4, 0.5) is 0 Å². The van der Waals surface area contributed by atoms with Gasteiger partial charge in [0, 0.05) is 38.3 Å². The molecule has 1 aromatic rings. The van der Waals surface area contributed by atoms with Crippen molar-refractivity contribution in [2.24, 2.45) is 4.99 Å². The van der Waals surface area contributed by atoms with Crippen LogP contribution >= 0.6 is 15.9 Å². The molecule has 0 aliphatic rings. The first-order chi connectivity index (χ1) is 11.1. The molecule has 0 radical (unpaired) electrons. The summed E-state index contributed by atoms with van der Waals surface area (Å²) in [5, 5.41) is 5.95. The molecular formula is C16H25BrN4O2. The van der Waals surface area contributed by atoms with Crippen LogP contribution in [0, 0.1) is 0 Å². The molecule has 6 nitrogen and oxygen atoms in total. The quantitative estimate of drug-likeness (QED) is 0.406. The van der Waals surface area contributed by atoms with E-state index in [4.69, 9.17) is 4.74 Å². The summed E-state index contributed by atoms with van der Waals surface area (Å²) in [7, 11) is 3.55. The maximum Gasteiger partial charge on any atom is 0.241 e. The number of halogens is 1. The first-order valence-electron chi connectivity index (χ1n) is 7.56. The van der Waals surface area contributed by atoms with Crippen LogP contribution in [0.2, 0.25) is 0 Å². The largest absolute Gasteiger partial charge is 0.383 e. The van der Waals surface area contributed by atoms with Crippen LogP contribution in [0.15, 0.2) is 33.7 Å². The van der Waals surface area contributed by atoms with E-state index in [1.165, 1.54) is 5.56 Å². The summed E-state index contributed by atoms with van der Waals surface area (Å²) in [5.74, 6) is 0.590. The van der Waals surface area contributed by atoms with E-state index in [9.17, 15) is 4.79 Å². The average Bonchev–Trinajstić information content (AvgIpc) is 2.53. The first kappa shape index (κ1) is 19.4. The zero-order valence-electron chi connectivity index (χ0n) is 13.9. The monoisotopic (exact) mass is 384 g/mol. The second-order valence-electron chi connectivity index (χ2n) is 5.00. The first-order valence-corrected chi connectivity index (χ1v) is 8.35. The molecule has 0 spiro atoms. The van der Waals surface area contributed by atoms with Gasteiger partial charge >= 0.3 is 0 Å². The number of guanidine groups is 1. The van der Waals surface area contributed by atoms with Crippen molar-refractivity contribution in [3.63, 3.8) is 0 Å². The number of nitrogens with zero attached hydrogens (tertiary/aromatic N) is 2. The minimum absolute atomic E-state index is 0.0940. The molecule has 0 bridgehead atoms. The van der Waals surface area contributed by atoms with Gasteiger partial charge in [0.15, 0.2) is 5.96 Å². The number of rotatable bonds is 8. The number of amides is 1. The third kappa shape index (κ3) is 7.99. The number of hydrogen-bond donors (Lipinski definition) is 2. The molecule has 0 fully saturated rings. The Kier molecular flexibility index (Phi) is 9.31. The van der Waals surface area contributed by atoms with Crippen LogP contribution in [0.25, 0.3) is 0 Å². The second-order valence-corrected chi connectivity index (χ2v) is 5.91. The van der Waals surface area contributed by atoms with Gasteiger partial charge in [-0.1, -0.05) is 28.1 Å². The van der Waals surface area contributed by atoms with E-state index in [-0.39, 0.29) is 12.5 Å². The molecule has 7 heteroatoms. The fourth-order valence-electron chi connectivity index (χ4n) is 1.90. The van der Waals surface area contributed by atoms with Gasteiger partial charge in [-0.15, -0.1) is 0 Å². The lowest BCUT2D eigenvalue weighted by Crippen LogP contribution is -2.39. The predicted octanol–water partition coefficient (Wildman–Crippen LogP) is 1.61. The molecule has 1 rings (SSSR count). The van der Waals surface area contributed by atoms with Crippen LogP contribution in [0.5, 0.6) is 0 Å². The topological polar surface area (TPSA) is 66.0 Å². The molecule has 0 atom stereocenters.